The lowest BCUT2D eigenvalue weighted by atomic mass is 10.2. The molecule has 1 rings (SSSR count). The van der Waals surface area contributed by atoms with Crippen molar-refractivity contribution in [1.29, 1.82) is 0 Å². The maximum atomic E-state index is 10.8. The van der Waals surface area contributed by atoms with Gasteiger partial charge < -0.3 is 4.43 Å². The zero-order chi connectivity index (χ0) is 14.1. The second kappa shape index (κ2) is 5.47. The van der Waals surface area contributed by atoms with Crippen LogP contribution in [-0.4, -0.2) is 14.6 Å². The van der Waals surface area contributed by atoms with Crippen LogP contribution >= 0.6 is 31.9 Å². The summed E-state index contributed by atoms with van der Waals surface area (Å²) < 4.78 is 7.87. The van der Waals surface area contributed by atoms with E-state index in [2.05, 4.69) is 65.7 Å². The molecule has 0 atom stereocenters. The van der Waals surface area contributed by atoms with E-state index < -0.39 is 8.32 Å². The maximum absolute atomic E-state index is 10.8. The first-order valence-corrected chi connectivity index (χ1v) is 10.2. The summed E-state index contributed by atoms with van der Waals surface area (Å²) in [4.78, 5) is 10.8. The number of rotatable bonds is 3. The van der Waals surface area contributed by atoms with Gasteiger partial charge in [-0.15, -0.1) is 0 Å². The van der Waals surface area contributed by atoms with Crippen LogP contribution in [0, 0.1) is 0 Å². The molecule has 5 heteroatoms. The van der Waals surface area contributed by atoms with Gasteiger partial charge in [0.2, 0.25) is 0 Å². The molecule has 100 valence electrons. The first kappa shape index (κ1) is 15.9. The normalized spacial score (nSPS) is 12.4. The largest absolute Gasteiger partial charge is 0.542 e. The van der Waals surface area contributed by atoms with Gasteiger partial charge in [-0.25, -0.2) is 0 Å². The molecule has 0 aliphatic rings. The zero-order valence-electron chi connectivity index (χ0n) is 11.3. The Kier molecular flexibility index (Phi) is 4.84. The van der Waals surface area contributed by atoms with E-state index in [-0.39, 0.29) is 5.04 Å². The topological polar surface area (TPSA) is 26.3 Å². The van der Waals surface area contributed by atoms with E-state index in [1.165, 1.54) is 0 Å². The van der Waals surface area contributed by atoms with Crippen molar-refractivity contribution in [1.82, 2.24) is 0 Å². The van der Waals surface area contributed by atoms with Crippen LogP contribution in [-0.2, 0) is 0 Å². The predicted octanol–water partition coefficient (Wildman–Crippen LogP) is 5.41. The Balaban J connectivity index is 3.17. The van der Waals surface area contributed by atoms with Crippen LogP contribution in [0.1, 0.15) is 31.1 Å². The predicted molar refractivity (Wildman–Crippen MR) is 85.1 cm³/mol. The number of aldehydes is 1. The van der Waals surface area contributed by atoms with E-state index in [1.807, 2.05) is 0 Å². The Labute approximate surface area is 127 Å². The van der Waals surface area contributed by atoms with Gasteiger partial charge in [0.25, 0.3) is 8.32 Å². The molecule has 1 aromatic rings. The summed E-state index contributed by atoms with van der Waals surface area (Å²) in [7, 11) is -1.88. The molecule has 0 fully saturated rings. The summed E-state index contributed by atoms with van der Waals surface area (Å²) in [5.41, 5.74) is 0.622. The standard InChI is InChI=1S/C13H18Br2O2Si/c1-13(2,3)18(4,5)17-12-10(14)6-9(8-16)7-11(12)15/h6-8H,1-5H3. The molecule has 1 aromatic carbocycles. The van der Waals surface area contributed by atoms with Gasteiger partial charge in [0.15, 0.2) is 0 Å². The van der Waals surface area contributed by atoms with E-state index in [0.29, 0.717) is 5.56 Å². The fourth-order valence-electron chi connectivity index (χ4n) is 1.15. The van der Waals surface area contributed by atoms with Gasteiger partial charge in [0.1, 0.15) is 12.0 Å². The maximum Gasteiger partial charge on any atom is 0.250 e. The first-order valence-electron chi connectivity index (χ1n) is 5.72. The molecule has 18 heavy (non-hydrogen) atoms. The van der Waals surface area contributed by atoms with Crippen molar-refractivity contribution >= 4 is 46.5 Å². The molecular formula is C13H18Br2O2Si. The number of hydrogen-bond donors (Lipinski definition) is 0. The molecule has 0 radical (unpaired) electrons. The van der Waals surface area contributed by atoms with Gasteiger partial charge in [-0.2, -0.15) is 0 Å². The summed E-state index contributed by atoms with van der Waals surface area (Å²) in [6.45, 7) is 11.0. The monoisotopic (exact) mass is 392 g/mol. The van der Waals surface area contributed by atoms with Crippen molar-refractivity contribution in [2.24, 2.45) is 0 Å². The van der Waals surface area contributed by atoms with Gasteiger partial charge >= 0.3 is 0 Å². The average Bonchev–Trinajstić information content (AvgIpc) is 2.21. The molecule has 0 bridgehead atoms. The lowest BCUT2D eigenvalue weighted by molar-refractivity contribution is 0.112. The van der Waals surface area contributed by atoms with Crippen molar-refractivity contribution in [2.45, 2.75) is 38.9 Å². The smallest absolute Gasteiger partial charge is 0.250 e. The van der Waals surface area contributed by atoms with Crippen molar-refractivity contribution in [3.05, 3.63) is 26.6 Å². The highest BCUT2D eigenvalue weighted by Gasteiger charge is 2.39. The lowest BCUT2D eigenvalue weighted by Gasteiger charge is -2.37. The highest BCUT2D eigenvalue weighted by Crippen LogP contribution is 2.42. The number of halogens is 2. The third-order valence-corrected chi connectivity index (χ3v) is 8.82. The Morgan fingerprint density at radius 2 is 1.61 bits per heavy atom. The van der Waals surface area contributed by atoms with Gasteiger partial charge in [0, 0.05) is 5.56 Å². The molecular weight excluding hydrogens is 376 g/mol. The zero-order valence-corrected chi connectivity index (χ0v) is 15.5. The number of carbonyl (C=O) groups is 1. The molecule has 0 aromatic heterocycles. The van der Waals surface area contributed by atoms with Gasteiger partial charge in [0.05, 0.1) is 8.95 Å². The SMILES string of the molecule is CC(C)(C)[Si](C)(C)Oc1c(Br)cc(C=O)cc1Br. The molecule has 0 aliphatic heterocycles. The molecule has 0 N–H and O–H groups in total. The fraction of sp³-hybridized carbons (Fsp3) is 0.462. The van der Waals surface area contributed by atoms with Gasteiger partial charge in [-0.3, -0.25) is 4.79 Å². The van der Waals surface area contributed by atoms with Crippen LogP contribution in [0.5, 0.6) is 5.75 Å². The summed E-state index contributed by atoms with van der Waals surface area (Å²) in [5, 5.41) is 0.134. The van der Waals surface area contributed by atoms with Crippen molar-refractivity contribution in [2.75, 3.05) is 0 Å². The lowest BCUT2D eigenvalue weighted by Crippen LogP contribution is -2.44. The highest BCUT2D eigenvalue weighted by molar-refractivity contribution is 9.11. The average molecular weight is 394 g/mol. The van der Waals surface area contributed by atoms with Crippen molar-refractivity contribution < 1.29 is 9.22 Å². The minimum atomic E-state index is -1.88. The number of hydrogen-bond acceptors (Lipinski definition) is 2. The Morgan fingerprint density at radius 3 is 1.94 bits per heavy atom. The Hall–Kier alpha value is -0.133. The first-order chi connectivity index (χ1) is 8.08. The molecule has 2 nitrogen and oxygen atoms in total. The number of carbonyl (C=O) groups excluding carboxylic acids is 1. The third-order valence-electron chi connectivity index (χ3n) is 3.32. The minimum absolute atomic E-state index is 0.134. The molecule has 0 saturated heterocycles. The Bertz CT molecular complexity index is 442. The molecule has 0 amide bonds. The second-order valence-corrected chi connectivity index (χ2v) is 12.2. The fourth-order valence-corrected chi connectivity index (χ4v) is 3.87. The van der Waals surface area contributed by atoms with E-state index in [9.17, 15) is 4.79 Å². The molecule has 0 heterocycles. The summed E-state index contributed by atoms with van der Waals surface area (Å²) in [6, 6.07) is 3.56. The van der Waals surface area contributed by atoms with Crippen LogP contribution in [0.2, 0.25) is 18.1 Å². The van der Waals surface area contributed by atoms with E-state index in [1.54, 1.807) is 12.1 Å². The van der Waals surface area contributed by atoms with Crippen LogP contribution in [0.4, 0.5) is 0 Å². The third kappa shape index (κ3) is 3.45. The van der Waals surface area contributed by atoms with Crippen LogP contribution in [0.15, 0.2) is 21.1 Å². The second-order valence-electron chi connectivity index (χ2n) is 5.79. The van der Waals surface area contributed by atoms with E-state index in [0.717, 1.165) is 21.0 Å². The van der Waals surface area contributed by atoms with Crippen LogP contribution in [0.25, 0.3) is 0 Å². The summed E-state index contributed by atoms with van der Waals surface area (Å²) in [5.74, 6) is 0.784. The van der Waals surface area contributed by atoms with Crippen molar-refractivity contribution in [3.63, 3.8) is 0 Å². The molecule has 0 unspecified atom stereocenters. The summed E-state index contributed by atoms with van der Waals surface area (Å²) >= 11 is 6.93. The highest BCUT2D eigenvalue weighted by atomic mass is 79.9. The quantitative estimate of drug-likeness (QED) is 0.507. The summed E-state index contributed by atoms with van der Waals surface area (Å²) in [6.07, 6.45) is 0.825. The number of benzene rings is 1. The Morgan fingerprint density at radius 1 is 1.17 bits per heavy atom. The molecule has 0 spiro atoms. The van der Waals surface area contributed by atoms with Crippen LogP contribution in [0.3, 0.4) is 0 Å². The van der Waals surface area contributed by atoms with Gasteiger partial charge in [-0.1, -0.05) is 20.8 Å². The molecule has 0 saturated carbocycles. The van der Waals surface area contributed by atoms with Crippen LogP contribution < -0.4 is 4.43 Å². The molecule has 0 aliphatic carbocycles. The van der Waals surface area contributed by atoms with Crippen molar-refractivity contribution in [3.8, 4) is 5.75 Å². The minimum Gasteiger partial charge on any atom is -0.542 e. The van der Waals surface area contributed by atoms with E-state index >= 15 is 0 Å². The van der Waals surface area contributed by atoms with E-state index in [4.69, 9.17) is 4.43 Å². The van der Waals surface area contributed by atoms with Gasteiger partial charge in [-0.05, 0) is 62.1 Å².